The van der Waals surface area contributed by atoms with Crippen molar-refractivity contribution in [3.63, 3.8) is 0 Å². The Morgan fingerprint density at radius 3 is 2.35 bits per heavy atom. The highest BCUT2D eigenvalue weighted by Gasteiger charge is 2.24. The van der Waals surface area contributed by atoms with Crippen molar-refractivity contribution in [2.75, 3.05) is 7.11 Å². The van der Waals surface area contributed by atoms with Gasteiger partial charge in [0.2, 0.25) is 5.78 Å². The summed E-state index contributed by atoms with van der Waals surface area (Å²) in [7, 11) is 1.55. The zero-order valence-electron chi connectivity index (χ0n) is 13.2. The average Bonchev–Trinajstić information content (AvgIpc) is 2.82. The smallest absolute Gasteiger partial charge is 0.309 e. The van der Waals surface area contributed by atoms with Crippen molar-refractivity contribution in [1.82, 2.24) is 4.57 Å². The van der Waals surface area contributed by atoms with E-state index in [9.17, 15) is 9.59 Å². The fourth-order valence-corrected chi connectivity index (χ4v) is 2.82. The monoisotopic (exact) mass is 335 g/mol. The van der Waals surface area contributed by atoms with Crippen molar-refractivity contribution in [2.45, 2.75) is 26.3 Å². The summed E-state index contributed by atoms with van der Waals surface area (Å²) in [6.07, 6.45) is -0.187. The SMILES string of the molecule is COc1ccc(C(=O)c2c(Cl)cc(CC(=O)O)n2C(C)C)cc1. The molecule has 1 aromatic heterocycles. The number of aliphatic carboxylic acids is 1. The van der Waals surface area contributed by atoms with E-state index >= 15 is 0 Å². The molecule has 1 aromatic carbocycles. The lowest BCUT2D eigenvalue weighted by atomic mass is 10.1. The Kier molecular flexibility index (Phi) is 5.11. The Bertz CT molecular complexity index is 732. The molecule has 6 heteroatoms. The maximum Gasteiger partial charge on any atom is 0.309 e. The third-order valence-electron chi connectivity index (χ3n) is 3.49. The first-order chi connectivity index (χ1) is 10.8. The second-order valence-corrected chi connectivity index (χ2v) is 5.83. The zero-order valence-corrected chi connectivity index (χ0v) is 13.9. The number of nitrogens with zero attached hydrogens (tertiary/aromatic N) is 1. The molecule has 0 radical (unpaired) electrons. The summed E-state index contributed by atoms with van der Waals surface area (Å²) in [5, 5.41) is 9.29. The van der Waals surface area contributed by atoms with Crippen molar-refractivity contribution < 1.29 is 19.4 Å². The van der Waals surface area contributed by atoms with Crippen LogP contribution in [0.2, 0.25) is 5.02 Å². The molecule has 0 saturated heterocycles. The fraction of sp³-hybridized carbons (Fsp3) is 0.294. The highest BCUT2D eigenvalue weighted by atomic mass is 35.5. The van der Waals surface area contributed by atoms with Gasteiger partial charge in [-0.1, -0.05) is 11.6 Å². The van der Waals surface area contributed by atoms with Crippen molar-refractivity contribution in [1.29, 1.82) is 0 Å². The van der Waals surface area contributed by atoms with Gasteiger partial charge >= 0.3 is 5.97 Å². The van der Waals surface area contributed by atoms with E-state index in [1.807, 2.05) is 13.8 Å². The number of ether oxygens (including phenoxy) is 1. The van der Waals surface area contributed by atoms with Crippen LogP contribution in [0.15, 0.2) is 30.3 Å². The van der Waals surface area contributed by atoms with E-state index in [-0.39, 0.29) is 23.3 Å². The van der Waals surface area contributed by atoms with Gasteiger partial charge in [-0.3, -0.25) is 9.59 Å². The maximum atomic E-state index is 12.8. The van der Waals surface area contributed by atoms with Crippen LogP contribution in [0.5, 0.6) is 5.75 Å². The second-order valence-electron chi connectivity index (χ2n) is 5.42. The number of aromatic nitrogens is 1. The number of carboxylic acids is 1. The first-order valence-corrected chi connectivity index (χ1v) is 7.53. The van der Waals surface area contributed by atoms with Crippen LogP contribution in [-0.4, -0.2) is 28.5 Å². The minimum Gasteiger partial charge on any atom is -0.497 e. The van der Waals surface area contributed by atoms with E-state index in [1.165, 1.54) is 0 Å². The molecular formula is C17H18ClNO4. The summed E-state index contributed by atoms with van der Waals surface area (Å²) in [4.78, 5) is 23.8. The van der Waals surface area contributed by atoms with Gasteiger partial charge in [0.1, 0.15) is 11.4 Å². The highest BCUT2D eigenvalue weighted by molar-refractivity contribution is 6.35. The lowest BCUT2D eigenvalue weighted by Gasteiger charge is -2.16. The molecule has 0 bridgehead atoms. The van der Waals surface area contributed by atoms with Crippen LogP contribution >= 0.6 is 11.6 Å². The van der Waals surface area contributed by atoms with E-state index in [0.29, 0.717) is 22.7 Å². The van der Waals surface area contributed by atoms with Crippen LogP contribution in [0.25, 0.3) is 0 Å². The average molecular weight is 336 g/mol. The van der Waals surface area contributed by atoms with Crippen molar-refractivity contribution in [2.24, 2.45) is 0 Å². The molecule has 0 saturated carbocycles. The topological polar surface area (TPSA) is 68.5 Å². The van der Waals surface area contributed by atoms with E-state index in [4.69, 9.17) is 21.4 Å². The molecule has 0 aliphatic rings. The van der Waals surface area contributed by atoms with Gasteiger partial charge in [-0.25, -0.2) is 0 Å². The standard InChI is InChI=1S/C17H18ClNO4/c1-10(2)19-12(9-15(20)21)8-14(18)16(19)17(22)11-4-6-13(23-3)7-5-11/h4-8,10H,9H2,1-3H3,(H,20,21). The molecular weight excluding hydrogens is 318 g/mol. The molecule has 1 heterocycles. The molecule has 0 fully saturated rings. The largest absolute Gasteiger partial charge is 0.497 e. The number of benzene rings is 1. The maximum absolute atomic E-state index is 12.8. The number of rotatable bonds is 6. The third-order valence-corrected chi connectivity index (χ3v) is 3.77. The van der Waals surface area contributed by atoms with Gasteiger partial charge in [0.05, 0.1) is 18.6 Å². The quantitative estimate of drug-likeness (QED) is 0.819. The Hall–Kier alpha value is -2.27. The predicted molar refractivity (Wildman–Crippen MR) is 87.6 cm³/mol. The molecule has 0 aliphatic heterocycles. The normalized spacial score (nSPS) is 10.8. The number of hydrogen-bond donors (Lipinski definition) is 1. The molecule has 0 amide bonds. The number of carboxylic acid groups (broad SMARTS) is 1. The summed E-state index contributed by atoms with van der Waals surface area (Å²) in [6, 6.07) is 8.17. The van der Waals surface area contributed by atoms with Crippen molar-refractivity contribution in [3.8, 4) is 5.75 Å². The van der Waals surface area contributed by atoms with E-state index < -0.39 is 5.97 Å². The predicted octanol–water partition coefficient (Wildman–Crippen LogP) is 3.59. The third kappa shape index (κ3) is 3.56. The van der Waals surface area contributed by atoms with Gasteiger partial charge < -0.3 is 14.4 Å². The number of halogens is 1. The fourth-order valence-electron chi connectivity index (χ4n) is 2.52. The molecule has 23 heavy (non-hydrogen) atoms. The summed E-state index contributed by atoms with van der Waals surface area (Å²) in [5.74, 6) is -0.564. The number of methoxy groups -OCH3 is 1. The van der Waals surface area contributed by atoms with Gasteiger partial charge in [-0.15, -0.1) is 0 Å². The zero-order chi connectivity index (χ0) is 17.1. The number of carbonyl (C=O) groups is 2. The molecule has 122 valence electrons. The van der Waals surface area contributed by atoms with Gasteiger partial charge in [0.25, 0.3) is 0 Å². The highest BCUT2D eigenvalue weighted by Crippen LogP contribution is 2.28. The second kappa shape index (κ2) is 6.87. The lowest BCUT2D eigenvalue weighted by Crippen LogP contribution is -2.16. The van der Waals surface area contributed by atoms with E-state index in [2.05, 4.69) is 0 Å². The van der Waals surface area contributed by atoms with E-state index in [1.54, 1.807) is 42.0 Å². The van der Waals surface area contributed by atoms with Crippen LogP contribution in [-0.2, 0) is 11.2 Å². The minimum atomic E-state index is -0.968. The molecule has 0 spiro atoms. The Balaban J connectivity index is 2.50. The molecule has 2 aromatic rings. The molecule has 0 unspecified atom stereocenters. The van der Waals surface area contributed by atoms with Gasteiger partial charge in [-0.2, -0.15) is 0 Å². The van der Waals surface area contributed by atoms with Crippen LogP contribution < -0.4 is 4.74 Å². The first kappa shape index (κ1) is 17.1. The number of ketones is 1. The Labute approximate surface area is 139 Å². The summed E-state index contributed by atoms with van der Waals surface area (Å²) in [6.45, 7) is 3.76. The molecule has 0 atom stereocenters. The summed E-state index contributed by atoms with van der Waals surface area (Å²) < 4.78 is 6.76. The minimum absolute atomic E-state index is 0.0888. The van der Waals surface area contributed by atoms with Gasteiger partial charge in [0.15, 0.2) is 0 Å². The number of hydrogen-bond acceptors (Lipinski definition) is 3. The molecule has 2 rings (SSSR count). The molecule has 0 aliphatic carbocycles. The van der Waals surface area contributed by atoms with E-state index in [0.717, 1.165) is 0 Å². The van der Waals surface area contributed by atoms with Crippen LogP contribution in [0.4, 0.5) is 0 Å². The van der Waals surface area contributed by atoms with Gasteiger partial charge in [-0.05, 0) is 44.2 Å². The first-order valence-electron chi connectivity index (χ1n) is 7.15. The lowest BCUT2D eigenvalue weighted by molar-refractivity contribution is -0.136. The summed E-state index contributed by atoms with van der Waals surface area (Å²) >= 11 is 6.22. The van der Waals surface area contributed by atoms with Gasteiger partial charge in [0, 0.05) is 17.3 Å². The van der Waals surface area contributed by atoms with Crippen molar-refractivity contribution >= 4 is 23.4 Å². The molecule has 5 nitrogen and oxygen atoms in total. The Morgan fingerprint density at radius 2 is 1.87 bits per heavy atom. The van der Waals surface area contributed by atoms with Crippen LogP contribution in [0.3, 0.4) is 0 Å². The summed E-state index contributed by atoms with van der Waals surface area (Å²) in [5.41, 5.74) is 1.28. The van der Waals surface area contributed by atoms with Crippen molar-refractivity contribution in [3.05, 3.63) is 52.3 Å². The van der Waals surface area contributed by atoms with Crippen LogP contribution in [0.1, 0.15) is 41.6 Å². The van der Waals surface area contributed by atoms with Crippen LogP contribution in [0, 0.1) is 0 Å². The number of carbonyl (C=O) groups excluding carboxylic acids is 1. The molecule has 1 N–H and O–H groups in total. The Morgan fingerprint density at radius 1 is 1.26 bits per heavy atom.